The Morgan fingerprint density at radius 1 is 0.455 bits per heavy atom. The first-order valence-corrected chi connectivity index (χ1v) is 19.9. The molecule has 0 bridgehead atoms. The van der Waals surface area contributed by atoms with Crippen LogP contribution in [0.15, 0.2) is 206 Å². The summed E-state index contributed by atoms with van der Waals surface area (Å²) in [7, 11) is 0.633. The van der Waals surface area contributed by atoms with Gasteiger partial charge in [-0.3, -0.25) is 10.1 Å². The number of rotatable bonds is 10. The fraction of sp³-hybridized carbons (Fsp3) is 0.0426. The molecule has 0 aliphatic carbocycles. The molecule has 5 nitrogen and oxygen atoms in total. The van der Waals surface area contributed by atoms with Crippen molar-refractivity contribution in [1.29, 1.82) is 10.5 Å². The average Bonchev–Trinajstić information content (AvgIpc) is 3.26. The van der Waals surface area contributed by atoms with Crippen LogP contribution in [0.4, 0.5) is 0 Å². The molecule has 1 unspecified atom stereocenters. The third-order valence-corrected chi connectivity index (χ3v) is 13.0. The third-order valence-electron chi connectivity index (χ3n) is 8.11. The van der Waals surface area contributed by atoms with Gasteiger partial charge in [0.25, 0.3) is 0 Å². The fourth-order valence-corrected chi connectivity index (χ4v) is 10.2. The van der Waals surface area contributed by atoms with Crippen LogP contribution in [0.25, 0.3) is 0 Å². The van der Waals surface area contributed by atoms with E-state index >= 15 is 0 Å². The van der Waals surface area contributed by atoms with E-state index in [1.807, 2.05) is 0 Å². The predicted octanol–water partition coefficient (Wildman–Crippen LogP) is 8.73. The first kappa shape index (κ1) is 42.4. The van der Waals surface area contributed by atoms with Crippen LogP contribution in [0.3, 0.4) is 0 Å². The molecule has 0 spiro atoms. The summed E-state index contributed by atoms with van der Waals surface area (Å²) >= 11 is 0. The molecule has 7 aromatic carbocycles. The van der Waals surface area contributed by atoms with Crippen LogP contribution in [0, 0.1) is 28.6 Å². The van der Waals surface area contributed by atoms with E-state index in [0.717, 1.165) is 0 Å². The molecule has 0 saturated carbocycles. The van der Waals surface area contributed by atoms with E-state index in [2.05, 4.69) is 187 Å². The van der Waals surface area contributed by atoms with Crippen molar-refractivity contribution < 1.29 is 35.9 Å². The molecule has 1 N–H and O–H groups in total. The minimum Gasteiger partial charge on any atom is -0.497 e. The normalized spacial score (nSPS) is 10.5. The van der Waals surface area contributed by atoms with Crippen LogP contribution >= 0.6 is 15.8 Å². The number of hydrogen-bond donors (Lipinski definition) is 1. The van der Waals surface area contributed by atoms with Gasteiger partial charge in [0, 0.05) is 27.2 Å². The van der Waals surface area contributed by atoms with Crippen LogP contribution in [-0.4, -0.2) is 12.4 Å². The van der Waals surface area contributed by atoms with Gasteiger partial charge in [-0.05, 0) is 65.4 Å². The molecule has 0 amide bonds. The summed E-state index contributed by atoms with van der Waals surface area (Å²) in [6, 6.07) is 74.5. The second-order valence-electron chi connectivity index (χ2n) is 11.6. The van der Waals surface area contributed by atoms with Crippen molar-refractivity contribution in [1.82, 2.24) is 0 Å². The standard InChI is InChI=1S/2C18H15P.C11H9N2O3.Pt/c2*1-4-10-16(11-5-1)19(17-12-6-2-7-13-17)18-14-8-3-9-15-18;1-15-10-4-2-8(3-5-10)11(16-14)9(6-12)7-13;/h2*1-15H;2-5,11,14H,1H3;/q;;-1;. The Hall–Kier alpha value is -5.34. The van der Waals surface area contributed by atoms with Gasteiger partial charge in [-0.15, -0.1) is 5.92 Å². The molecule has 7 rings (SSSR count). The largest absolute Gasteiger partial charge is 0.497 e. The molecule has 276 valence electrons. The molecule has 0 aromatic heterocycles. The van der Waals surface area contributed by atoms with E-state index in [0.29, 0.717) is 11.3 Å². The smallest absolute Gasteiger partial charge is 0.118 e. The molecular formula is C47H39N2O3P2Pt-. The van der Waals surface area contributed by atoms with Crippen LogP contribution in [0.1, 0.15) is 11.7 Å². The maximum Gasteiger partial charge on any atom is 0.118 e. The van der Waals surface area contributed by atoms with E-state index < -0.39 is 21.9 Å². The van der Waals surface area contributed by atoms with Crippen molar-refractivity contribution in [3.8, 4) is 17.9 Å². The SMILES string of the molecule is COc1ccc(C(OO)[C-](C#N)C#N)cc1.[Pt].c1ccc(P(c2ccccc2)c2ccccc2)cc1.c1ccc(P(c2ccccc2)c2ccccc2)cc1. The maximum absolute atomic E-state index is 8.68. The maximum atomic E-state index is 8.68. The zero-order valence-electron chi connectivity index (χ0n) is 30.1. The average molecular weight is 937 g/mol. The Morgan fingerprint density at radius 3 is 0.909 bits per heavy atom. The van der Waals surface area contributed by atoms with Crippen LogP contribution in [0.5, 0.6) is 5.75 Å². The van der Waals surface area contributed by atoms with Crippen molar-refractivity contribution in [3.05, 3.63) is 218 Å². The topological polar surface area (TPSA) is 86.3 Å². The van der Waals surface area contributed by atoms with Gasteiger partial charge in [-0.2, -0.15) is 0 Å². The van der Waals surface area contributed by atoms with Gasteiger partial charge in [0.2, 0.25) is 0 Å². The number of hydrogen-bond acceptors (Lipinski definition) is 5. The fourth-order valence-electron chi connectivity index (χ4n) is 5.56. The van der Waals surface area contributed by atoms with Gasteiger partial charge in [-0.1, -0.05) is 206 Å². The van der Waals surface area contributed by atoms with E-state index in [1.54, 1.807) is 36.4 Å². The minimum atomic E-state index is -1.05. The van der Waals surface area contributed by atoms with Crippen molar-refractivity contribution in [2.24, 2.45) is 0 Å². The monoisotopic (exact) mass is 936 g/mol. The number of methoxy groups -OCH3 is 1. The number of ether oxygens (including phenoxy) is 1. The first-order chi connectivity index (χ1) is 26.7. The van der Waals surface area contributed by atoms with Gasteiger partial charge < -0.3 is 4.74 Å². The molecule has 0 fully saturated rings. The molecule has 0 saturated heterocycles. The molecule has 0 heterocycles. The summed E-state index contributed by atoms with van der Waals surface area (Å²) in [6.07, 6.45) is -1.05. The summed E-state index contributed by atoms with van der Waals surface area (Å²) in [4.78, 5) is 4.13. The van der Waals surface area contributed by atoms with E-state index in [9.17, 15) is 0 Å². The second-order valence-corrected chi connectivity index (χ2v) is 16.0. The van der Waals surface area contributed by atoms with Gasteiger partial charge in [0.15, 0.2) is 0 Å². The minimum absolute atomic E-state index is 0. The summed E-state index contributed by atoms with van der Waals surface area (Å²) in [6.45, 7) is 0. The molecule has 0 radical (unpaired) electrons. The van der Waals surface area contributed by atoms with Gasteiger partial charge in [0.1, 0.15) is 5.75 Å². The molecule has 1 atom stereocenters. The van der Waals surface area contributed by atoms with E-state index in [-0.39, 0.29) is 27.0 Å². The first-order valence-electron chi connectivity index (χ1n) is 17.2. The quantitative estimate of drug-likeness (QED) is 0.0643. The van der Waals surface area contributed by atoms with Crippen molar-refractivity contribution >= 4 is 47.7 Å². The molecule has 0 aliphatic rings. The molecule has 55 heavy (non-hydrogen) atoms. The van der Waals surface area contributed by atoms with Gasteiger partial charge >= 0.3 is 0 Å². The Labute approximate surface area is 341 Å². The van der Waals surface area contributed by atoms with Crippen LogP contribution in [-0.2, 0) is 26.0 Å². The second kappa shape index (κ2) is 23.4. The van der Waals surface area contributed by atoms with E-state index in [4.69, 9.17) is 20.5 Å². The van der Waals surface area contributed by atoms with Crippen molar-refractivity contribution in [3.63, 3.8) is 0 Å². The van der Waals surface area contributed by atoms with Crippen molar-refractivity contribution in [2.45, 2.75) is 6.10 Å². The molecule has 0 aliphatic heterocycles. The molecule has 7 aromatic rings. The number of nitrogens with zero attached hydrogens (tertiary/aromatic N) is 2. The summed E-state index contributed by atoms with van der Waals surface area (Å²) in [5, 5.41) is 34.4. The molecular weight excluding hydrogens is 898 g/mol. The third kappa shape index (κ3) is 12.3. The zero-order valence-corrected chi connectivity index (χ0v) is 34.1. The molecule has 8 heteroatoms. The Morgan fingerprint density at radius 2 is 0.709 bits per heavy atom. The van der Waals surface area contributed by atoms with Crippen molar-refractivity contribution in [2.75, 3.05) is 7.11 Å². The van der Waals surface area contributed by atoms with Gasteiger partial charge in [-0.25, -0.2) is 10.5 Å². The number of nitriles is 2. The Balaban J connectivity index is 0.000000183. The van der Waals surface area contributed by atoms with Crippen LogP contribution in [0.2, 0.25) is 0 Å². The summed E-state index contributed by atoms with van der Waals surface area (Å²) in [5.74, 6) is 0.420. The van der Waals surface area contributed by atoms with E-state index in [1.165, 1.54) is 38.9 Å². The van der Waals surface area contributed by atoms with Gasteiger partial charge in [0.05, 0.1) is 7.11 Å². The summed E-state index contributed by atoms with van der Waals surface area (Å²) < 4.78 is 4.96. The Kier molecular flexibility index (Phi) is 18.1. The Bertz CT molecular complexity index is 1850. The number of benzene rings is 7. The summed E-state index contributed by atoms with van der Waals surface area (Å²) in [5.41, 5.74) is 0.501. The zero-order chi connectivity index (χ0) is 37.8. The predicted molar refractivity (Wildman–Crippen MR) is 224 cm³/mol. The van der Waals surface area contributed by atoms with Crippen LogP contribution < -0.4 is 36.6 Å².